The molecule has 0 fully saturated rings. The van der Waals surface area contributed by atoms with Crippen molar-refractivity contribution in [2.45, 2.75) is 19.4 Å². The van der Waals surface area contributed by atoms with Gasteiger partial charge in [0.15, 0.2) is 11.5 Å². The van der Waals surface area contributed by atoms with Gasteiger partial charge in [-0.25, -0.2) is 4.98 Å². The minimum atomic E-state index is 0.266. The summed E-state index contributed by atoms with van der Waals surface area (Å²) >= 11 is 0. The molecule has 0 amide bonds. The molecule has 1 aromatic carbocycles. The second-order valence-electron chi connectivity index (χ2n) is 5.30. The topological polar surface area (TPSA) is 83.7 Å². The number of fused-ring (bicyclic) bond motifs is 2. The van der Waals surface area contributed by atoms with Crippen molar-refractivity contribution < 1.29 is 0 Å². The maximum absolute atomic E-state index is 5.82. The molecule has 3 aromatic rings. The zero-order valence-corrected chi connectivity index (χ0v) is 11.6. The number of nitrogens with zero attached hydrogens (tertiary/aromatic N) is 4. The molecule has 3 heterocycles. The summed E-state index contributed by atoms with van der Waals surface area (Å²) in [6.07, 6.45) is 3.82. The van der Waals surface area contributed by atoms with Gasteiger partial charge in [-0.15, -0.1) is 0 Å². The van der Waals surface area contributed by atoms with Gasteiger partial charge < -0.3 is 15.6 Å². The number of aryl methyl sites for hydroxylation is 1. The van der Waals surface area contributed by atoms with Crippen molar-refractivity contribution in [3.05, 3.63) is 41.7 Å². The summed E-state index contributed by atoms with van der Waals surface area (Å²) in [6, 6.07) is 8.58. The van der Waals surface area contributed by atoms with Crippen molar-refractivity contribution in [1.82, 2.24) is 19.9 Å². The fourth-order valence-electron chi connectivity index (χ4n) is 2.94. The summed E-state index contributed by atoms with van der Waals surface area (Å²) < 4.78 is 0. The van der Waals surface area contributed by atoms with Crippen molar-refractivity contribution >= 4 is 22.9 Å². The number of aromatic nitrogens is 4. The normalized spacial score (nSPS) is 15.0. The lowest BCUT2D eigenvalue weighted by Crippen LogP contribution is -2.24. The molecule has 106 valence electrons. The number of hydrogen-bond donors (Lipinski definition) is 2. The lowest BCUT2D eigenvalue weighted by atomic mass is 10.0. The lowest BCUT2D eigenvalue weighted by Gasteiger charge is -2.22. The smallest absolute Gasteiger partial charge is 0.224 e. The summed E-state index contributed by atoms with van der Waals surface area (Å²) in [4.78, 5) is 18.2. The third-order valence-corrected chi connectivity index (χ3v) is 3.94. The fourth-order valence-corrected chi connectivity index (χ4v) is 2.94. The Bertz CT molecular complexity index is 794. The molecule has 6 nitrogen and oxygen atoms in total. The van der Waals surface area contributed by atoms with Crippen molar-refractivity contribution in [1.29, 1.82) is 0 Å². The van der Waals surface area contributed by atoms with Crippen LogP contribution in [0, 0.1) is 0 Å². The molecule has 2 aromatic heterocycles. The SMILES string of the molecule is Nc1nc(N2CCCc3ccccc3C2)c2[nH]cnc2n1. The summed E-state index contributed by atoms with van der Waals surface area (Å²) in [7, 11) is 0. The molecule has 0 saturated carbocycles. The molecule has 0 spiro atoms. The van der Waals surface area contributed by atoms with E-state index in [9.17, 15) is 0 Å². The molecule has 1 aliphatic rings. The Hall–Kier alpha value is -2.63. The summed E-state index contributed by atoms with van der Waals surface area (Å²) in [6.45, 7) is 1.78. The van der Waals surface area contributed by atoms with E-state index < -0.39 is 0 Å². The van der Waals surface area contributed by atoms with E-state index in [4.69, 9.17) is 5.73 Å². The first-order valence-electron chi connectivity index (χ1n) is 7.09. The maximum atomic E-state index is 5.82. The van der Waals surface area contributed by atoms with E-state index in [0.717, 1.165) is 37.3 Å². The van der Waals surface area contributed by atoms with Crippen LogP contribution in [-0.2, 0) is 13.0 Å². The van der Waals surface area contributed by atoms with Crippen LogP contribution in [0.25, 0.3) is 11.2 Å². The highest BCUT2D eigenvalue weighted by atomic mass is 15.2. The van der Waals surface area contributed by atoms with Crippen molar-refractivity contribution in [3.63, 3.8) is 0 Å². The molecule has 21 heavy (non-hydrogen) atoms. The third kappa shape index (κ3) is 2.08. The monoisotopic (exact) mass is 280 g/mol. The Morgan fingerprint density at radius 3 is 2.90 bits per heavy atom. The Balaban J connectivity index is 1.80. The van der Waals surface area contributed by atoms with Crippen LogP contribution in [0.4, 0.5) is 11.8 Å². The molecule has 0 aliphatic carbocycles. The molecular weight excluding hydrogens is 264 g/mol. The first-order chi connectivity index (χ1) is 10.3. The van der Waals surface area contributed by atoms with Crippen LogP contribution >= 0.6 is 0 Å². The molecule has 0 atom stereocenters. The zero-order valence-electron chi connectivity index (χ0n) is 11.6. The first-order valence-corrected chi connectivity index (χ1v) is 7.09. The van der Waals surface area contributed by atoms with E-state index in [-0.39, 0.29) is 5.95 Å². The van der Waals surface area contributed by atoms with Crippen molar-refractivity contribution in [3.8, 4) is 0 Å². The van der Waals surface area contributed by atoms with Crippen LogP contribution in [0.2, 0.25) is 0 Å². The number of hydrogen-bond acceptors (Lipinski definition) is 5. The van der Waals surface area contributed by atoms with Crippen LogP contribution in [-0.4, -0.2) is 26.5 Å². The largest absolute Gasteiger partial charge is 0.368 e. The van der Waals surface area contributed by atoms with Gasteiger partial charge in [-0.3, -0.25) is 0 Å². The van der Waals surface area contributed by atoms with E-state index in [0.29, 0.717) is 5.65 Å². The van der Waals surface area contributed by atoms with Crippen LogP contribution in [0.3, 0.4) is 0 Å². The van der Waals surface area contributed by atoms with E-state index in [1.54, 1.807) is 6.33 Å². The van der Waals surface area contributed by atoms with Gasteiger partial charge in [-0.2, -0.15) is 9.97 Å². The quantitative estimate of drug-likeness (QED) is 0.711. The van der Waals surface area contributed by atoms with Gasteiger partial charge in [-0.05, 0) is 24.0 Å². The lowest BCUT2D eigenvalue weighted by molar-refractivity contribution is 0.757. The van der Waals surface area contributed by atoms with Gasteiger partial charge in [0.05, 0.1) is 6.33 Å². The van der Waals surface area contributed by atoms with Gasteiger partial charge in [0.1, 0.15) is 5.52 Å². The Morgan fingerprint density at radius 1 is 1.14 bits per heavy atom. The Kier molecular flexibility index (Phi) is 2.73. The molecule has 1 aliphatic heterocycles. The van der Waals surface area contributed by atoms with Gasteiger partial charge in [-0.1, -0.05) is 24.3 Å². The molecule has 0 unspecified atom stereocenters. The summed E-state index contributed by atoms with van der Waals surface area (Å²) in [5.74, 6) is 1.11. The van der Waals surface area contributed by atoms with Crippen LogP contribution in [0.15, 0.2) is 30.6 Å². The van der Waals surface area contributed by atoms with E-state index in [2.05, 4.69) is 49.1 Å². The van der Waals surface area contributed by atoms with Gasteiger partial charge in [0.25, 0.3) is 0 Å². The van der Waals surface area contributed by atoms with E-state index >= 15 is 0 Å². The number of rotatable bonds is 1. The highest BCUT2D eigenvalue weighted by molar-refractivity contribution is 5.84. The number of anilines is 2. The predicted molar refractivity (Wildman–Crippen MR) is 81.9 cm³/mol. The molecule has 4 rings (SSSR count). The first kappa shape index (κ1) is 12.1. The number of aromatic amines is 1. The van der Waals surface area contributed by atoms with Crippen molar-refractivity contribution in [2.24, 2.45) is 0 Å². The maximum Gasteiger partial charge on any atom is 0.224 e. The average Bonchev–Trinajstić information content (AvgIpc) is 2.84. The number of nitrogens with one attached hydrogen (secondary N) is 1. The fraction of sp³-hybridized carbons (Fsp3) is 0.267. The second kappa shape index (κ2) is 4.73. The second-order valence-corrected chi connectivity index (χ2v) is 5.30. The van der Waals surface area contributed by atoms with Crippen LogP contribution < -0.4 is 10.6 Å². The highest BCUT2D eigenvalue weighted by Crippen LogP contribution is 2.27. The van der Waals surface area contributed by atoms with Gasteiger partial charge >= 0.3 is 0 Å². The predicted octanol–water partition coefficient (Wildman–Crippen LogP) is 1.89. The summed E-state index contributed by atoms with van der Waals surface area (Å²) in [5, 5.41) is 0. The van der Waals surface area contributed by atoms with E-state index in [1.807, 2.05) is 0 Å². The van der Waals surface area contributed by atoms with E-state index in [1.165, 1.54) is 11.1 Å². The zero-order chi connectivity index (χ0) is 14.2. The average molecular weight is 280 g/mol. The molecular formula is C15H16N6. The molecule has 6 heteroatoms. The molecule has 0 saturated heterocycles. The number of imidazole rings is 1. The van der Waals surface area contributed by atoms with Gasteiger partial charge in [0, 0.05) is 13.1 Å². The number of nitrogen functional groups attached to an aromatic ring is 1. The molecule has 0 bridgehead atoms. The van der Waals surface area contributed by atoms with Gasteiger partial charge in [0.2, 0.25) is 5.95 Å². The third-order valence-electron chi connectivity index (χ3n) is 3.94. The Morgan fingerprint density at radius 2 is 2.00 bits per heavy atom. The standard InChI is InChI=1S/C15H16N6/c16-15-19-13-12(17-9-18-13)14(20-15)21-7-3-6-10-4-1-2-5-11(10)8-21/h1-2,4-5,9H,3,6-8H2,(H3,16,17,18,19,20). The number of benzene rings is 1. The number of nitrogens with two attached hydrogens (primary N) is 1. The van der Waals surface area contributed by atoms with Crippen LogP contribution in [0.5, 0.6) is 0 Å². The molecule has 0 radical (unpaired) electrons. The summed E-state index contributed by atoms with van der Waals surface area (Å²) in [5.41, 5.74) is 10.1. The van der Waals surface area contributed by atoms with Crippen molar-refractivity contribution in [2.75, 3.05) is 17.2 Å². The highest BCUT2D eigenvalue weighted by Gasteiger charge is 2.19. The van der Waals surface area contributed by atoms with Crippen LogP contribution in [0.1, 0.15) is 17.5 Å². The number of H-pyrrole nitrogens is 1. The minimum absolute atomic E-state index is 0.266. The molecule has 3 N–H and O–H groups in total. The Labute approximate surface area is 122 Å². The minimum Gasteiger partial charge on any atom is -0.368 e.